The normalized spacial score (nSPS) is 12.4. The van der Waals surface area contributed by atoms with Gasteiger partial charge in [-0.15, -0.1) is 0 Å². The molecule has 0 spiro atoms. The third-order valence-corrected chi connectivity index (χ3v) is 3.15. The van der Waals surface area contributed by atoms with Crippen LogP contribution in [0.4, 0.5) is 0 Å². The van der Waals surface area contributed by atoms with E-state index in [0.29, 0.717) is 24.4 Å². The fourth-order valence-corrected chi connectivity index (χ4v) is 2.03. The summed E-state index contributed by atoms with van der Waals surface area (Å²) in [6.45, 7) is 2.26. The van der Waals surface area contributed by atoms with Crippen LogP contribution in [0.3, 0.4) is 0 Å². The second kappa shape index (κ2) is 9.86. The number of rotatable bonds is 9. The monoisotopic (exact) mass is 344 g/mol. The topological polar surface area (TPSA) is 90.8 Å². The van der Waals surface area contributed by atoms with Crippen LogP contribution >= 0.6 is 0 Å². The minimum atomic E-state index is 0.402. The summed E-state index contributed by atoms with van der Waals surface area (Å²) in [5, 5.41) is 15.8. The largest absolute Gasteiger partial charge is 0.399 e. The SMILES string of the molecule is CON=C(C)CCON=Cc1ccccc1C(=NOC)c1ccon1. The van der Waals surface area contributed by atoms with Gasteiger partial charge < -0.3 is 19.0 Å². The molecule has 0 aliphatic heterocycles. The summed E-state index contributed by atoms with van der Waals surface area (Å²) in [5.74, 6) is 0. The predicted octanol–water partition coefficient (Wildman–Crippen LogP) is 2.84. The zero-order valence-electron chi connectivity index (χ0n) is 14.4. The molecule has 0 aliphatic carbocycles. The molecular formula is C17H20N4O4. The minimum Gasteiger partial charge on any atom is -0.399 e. The zero-order chi connectivity index (χ0) is 17.9. The van der Waals surface area contributed by atoms with Gasteiger partial charge in [-0.2, -0.15) is 0 Å². The Labute approximate surface area is 145 Å². The lowest BCUT2D eigenvalue weighted by Gasteiger charge is -2.06. The molecule has 0 amide bonds. The van der Waals surface area contributed by atoms with Gasteiger partial charge in [0.15, 0.2) is 0 Å². The van der Waals surface area contributed by atoms with Crippen molar-refractivity contribution in [2.45, 2.75) is 13.3 Å². The van der Waals surface area contributed by atoms with Gasteiger partial charge in [-0.3, -0.25) is 0 Å². The third-order valence-electron chi connectivity index (χ3n) is 3.15. The van der Waals surface area contributed by atoms with Crippen LogP contribution in [-0.2, 0) is 14.5 Å². The molecule has 132 valence electrons. The maximum atomic E-state index is 5.27. The van der Waals surface area contributed by atoms with E-state index in [-0.39, 0.29) is 0 Å². The van der Waals surface area contributed by atoms with Crippen LogP contribution in [0.25, 0.3) is 0 Å². The van der Waals surface area contributed by atoms with Crippen LogP contribution in [0.15, 0.2) is 56.6 Å². The minimum absolute atomic E-state index is 0.402. The Hall–Kier alpha value is -3.16. The molecule has 2 aromatic rings. The molecule has 1 heterocycles. The molecule has 2 rings (SSSR count). The first-order valence-corrected chi connectivity index (χ1v) is 7.59. The van der Waals surface area contributed by atoms with E-state index in [1.165, 1.54) is 20.5 Å². The van der Waals surface area contributed by atoms with Crippen molar-refractivity contribution in [2.75, 3.05) is 20.8 Å². The fraction of sp³-hybridized carbons (Fsp3) is 0.294. The molecule has 0 bridgehead atoms. The van der Waals surface area contributed by atoms with Crippen LogP contribution in [0.5, 0.6) is 0 Å². The highest BCUT2D eigenvalue weighted by Gasteiger charge is 2.14. The molecule has 8 nitrogen and oxygen atoms in total. The number of benzene rings is 1. The van der Waals surface area contributed by atoms with Crippen LogP contribution < -0.4 is 0 Å². The van der Waals surface area contributed by atoms with Crippen LogP contribution in [0.1, 0.15) is 30.2 Å². The van der Waals surface area contributed by atoms with Crippen molar-refractivity contribution in [1.82, 2.24) is 5.16 Å². The quantitative estimate of drug-likeness (QED) is 0.396. The first-order chi connectivity index (χ1) is 12.3. The third kappa shape index (κ3) is 5.45. The standard InChI is InChI=1S/C17H20N4O4/c1-13(19-22-2)8-10-24-18-12-14-6-4-5-7-15(14)17(21-23-3)16-9-11-25-20-16/h4-7,9,11-12H,8,10H2,1-3H3. The van der Waals surface area contributed by atoms with Gasteiger partial charge >= 0.3 is 0 Å². The van der Waals surface area contributed by atoms with Crippen molar-refractivity contribution in [3.8, 4) is 0 Å². The molecule has 0 radical (unpaired) electrons. The Morgan fingerprint density at radius 2 is 1.96 bits per heavy atom. The summed E-state index contributed by atoms with van der Waals surface area (Å²) in [7, 11) is 2.98. The Balaban J connectivity index is 2.11. The Morgan fingerprint density at radius 1 is 1.16 bits per heavy atom. The summed E-state index contributed by atoms with van der Waals surface area (Å²) in [4.78, 5) is 14.9. The second-order valence-electron chi connectivity index (χ2n) is 4.92. The summed E-state index contributed by atoms with van der Waals surface area (Å²) in [6, 6.07) is 9.28. The average Bonchev–Trinajstić information content (AvgIpc) is 3.14. The number of hydrogen-bond acceptors (Lipinski definition) is 8. The number of oxime groups is 3. The molecule has 0 unspecified atom stereocenters. The molecule has 1 aromatic heterocycles. The van der Waals surface area contributed by atoms with Gasteiger partial charge in [0.1, 0.15) is 38.5 Å². The lowest BCUT2D eigenvalue weighted by molar-refractivity contribution is 0.151. The first kappa shape index (κ1) is 18.2. The molecule has 0 saturated carbocycles. The Kier molecular flexibility index (Phi) is 7.17. The Bertz CT molecular complexity index is 739. The van der Waals surface area contributed by atoms with Crippen LogP contribution in [0, 0.1) is 0 Å². The van der Waals surface area contributed by atoms with Crippen molar-refractivity contribution in [3.05, 3.63) is 53.4 Å². The fourth-order valence-electron chi connectivity index (χ4n) is 2.03. The first-order valence-electron chi connectivity index (χ1n) is 7.59. The summed E-state index contributed by atoms with van der Waals surface area (Å²) in [5.41, 5.74) is 3.54. The van der Waals surface area contributed by atoms with E-state index in [4.69, 9.17) is 14.2 Å². The lowest BCUT2D eigenvalue weighted by Crippen LogP contribution is -2.08. The molecule has 0 N–H and O–H groups in total. The molecule has 0 saturated heterocycles. The molecule has 25 heavy (non-hydrogen) atoms. The predicted molar refractivity (Wildman–Crippen MR) is 93.9 cm³/mol. The lowest BCUT2D eigenvalue weighted by atomic mass is 10.0. The van der Waals surface area contributed by atoms with Gasteiger partial charge in [-0.05, 0) is 6.92 Å². The highest BCUT2D eigenvalue weighted by atomic mass is 16.6. The maximum absolute atomic E-state index is 5.27. The number of hydrogen-bond donors (Lipinski definition) is 0. The van der Waals surface area contributed by atoms with Gasteiger partial charge in [0, 0.05) is 23.6 Å². The van der Waals surface area contributed by atoms with Crippen molar-refractivity contribution in [2.24, 2.45) is 15.5 Å². The van der Waals surface area contributed by atoms with Gasteiger partial charge in [0.25, 0.3) is 0 Å². The van der Waals surface area contributed by atoms with Crippen LogP contribution in [-0.4, -0.2) is 43.6 Å². The average molecular weight is 344 g/mol. The van der Waals surface area contributed by atoms with E-state index in [0.717, 1.165) is 16.8 Å². The van der Waals surface area contributed by atoms with E-state index in [1.807, 2.05) is 31.2 Å². The number of aromatic nitrogens is 1. The highest BCUT2D eigenvalue weighted by molar-refractivity contribution is 6.15. The van der Waals surface area contributed by atoms with Crippen LogP contribution in [0.2, 0.25) is 0 Å². The van der Waals surface area contributed by atoms with Crippen molar-refractivity contribution >= 4 is 17.6 Å². The number of nitrogens with zero attached hydrogens (tertiary/aromatic N) is 4. The van der Waals surface area contributed by atoms with Crippen molar-refractivity contribution in [3.63, 3.8) is 0 Å². The van der Waals surface area contributed by atoms with Gasteiger partial charge in [-0.1, -0.05) is 44.9 Å². The van der Waals surface area contributed by atoms with E-state index >= 15 is 0 Å². The molecular weight excluding hydrogens is 324 g/mol. The van der Waals surface area contributed by atoms with Gasteiger partial charge in [0.05, 0.1) is 11.9 Å². The van der Waals surface area contributed by atoms with Gasteiger partial charge in [0.2, 0.25) is 0 Å². The summed E-state index contributed by atoms with van der Waals surface area (Å²) < 4.78 is 4.89. The van der Waals surface area contributed by atoms with E-state index in [9.17, 15) is 0 Å². The maximum Gasteiger partial charge on any atom is 0.139 e. The summed E-state index contributed by atoms with van der Waals surface area (Å²) >= 11 is 0. The van der Waals surface area contributed by atoms with E-state index in [1.54, 1.807) is 12.3 Å². The smallest absolute Gasteiger partial charge is 0.139 e. The molecule has 8 heteroatoms. The van der Waals surface area contributed by atoms with E-state index in [2.05, 4.69) is 25.5 Å². The molecule has 1 aromatic carbocycles. The highest BCUT2D eigenvalue weighted by Crippen LogP contribution is 2.14. The van der Waals surface area contributed by atoms with Gasteiger partial charge in [-0.25, -0.2) is 0 Å². The van der Waals surface area contributed by atoms with Crippen molar-refractivity contribution < 1.29 is 19.0 Å². The zero-order valence-corrected chi connectivity index (χ0v) is 14.4. The molecule has 0 fully saturated rings. The molecule has 0 atom stereocenters. The second-order valence-corrected chi connectivity index (χ2v) is 4.92. The molecule has 0 aliphatic rings. The van der Waals surface area contributed by atoms with E-state index < -0.39 is 0 Å². The Morgan fingerprint density at radius 3 is 2.68 bits per heavy atom. The summed E-state index contributed by atoms with van der Waals surface area (Å²) in [6.07, 6.45) is 3.72. The van der Waals surface area contributed by atoms with Crippen molar-refractivity contribution in [1.29, 1.82) is 0 Å².